The van der Waals surface area contributed by atoms with Crippen LogP contribution in [-0.2, 0) is 5.60 Å². The largest absolute Gasteiger partial charge is 0.482 e. The van der Waals surface area contributed by atoms with Gasteiger partial charge in [0.15, 0.2) is 5.69 Å². The van der Waals surface area contributed by atoms with Gasteiger partial charge < -0.3 is 9.84 Å². The van der Waals surface area contributed by atoms with Crippen LogP contribution in [0.3, 0.4) is 0 Å². The number of hydrogen-bond acceptors (Lipinski definition) is 3. The van der Waals surface area contributed by atoms with Gasteiger partial charge in [0.05, 0.1) is 5.56 Å². The van der Waals surface area contributed by atoms with Crippen molar-refractivity contribution in [1.82, 2.24) is 10.2 Å². The van der Waals surface area contributed by atoms with Gasteiger partial charge in [-0.05, 0) is 66.3 Å². The van der Waals surface area contributed by atoms with Crippen LogP contribution in [0.25, 0.3) is 22.4 Å². The fraction of sp³-hybridized carbons (Fsp3) is 0.158. The molecule has 0 fully saturated rings. The molecule has 7 heteroatoms. The number of nitrogens with one attached hydrogen (secondary N) is 1. The highest BCUT2D eigenvalue weighted by Gasteiger charge is 2.40. The maximum Gasteiger partial charge on any atom is 0.354 e. The van der Waals surface area contributed by atoms with Crippen LogP contribution in [0, 0.1) is 3.57 Å². The molecule has 0 unspecified atom stereocenters. The smallest absolute Gasteiger partial charge is 0.354 e. The van der Waals surface area contributed by atoms with Gasteiger partial charge in [0.25, 0.3) is 0 Å². The minimum atomic E-state index is -1.05. The van der Waals surface area contributed by atoms with E-state index in [-0.39, 0.29) is 5.69 Å². The van der Waals surface area contributed by atoms with E-state index in [9.17, 15) is 9.90 Å². The van der Waals surface area contributed by atoms with E-state index in [1.807, 2.05) is 50.2 Å². The Morgan fingerprint density at radius 3 is 2.58 bits per heavy atom. The van der Waals surface area contributed by atoms with Crippen LogP contribution in [0.5, 0.6) is 5.75 Å². The maximum absolute atomic E-state index is 11.6. The zero-order valence-corrected chi connectivity index (χ0v) is 16.8. The standard InChI is InChI=1S/C19H14ClIN2O3/c1-19(2)14-15(22-23-16(14)18(24)25)11-7-8-12(21)13(17(11)26-19)9-3-5-10(20)6-4-9/h3-8H,1-2H3,(H,22,23)(H,24,25). The van der Waals surface area contributed by atoms with E-state index >= 15 is 0 Å². The van der Waals surface area contributed by atoms with Crippen molar-refractivity contribution in [3.63, 3.8) is 0 Å². The number of carbonyl (C=O) groups is 1. The maximum atomic E-state index is 11.6. The number of aromatic amines is 1. The second-order valence-corrected chi connectivity index (χ2v) is 8.14. The highest BCUT2D eigenvalue weighted by atomic mass is 127. The first kappa shape index (κ1) is 17.4. The Bertz CT molecular complexity index is 1040. The average Bonchev–Trinajstić information content (AvgIpc) is 3.02. The van der Waals surface area contributed by atoms with Crippen molar-refractivity contribution >= 4 is 40.2 Å². The van der Waals surface area contributed by atoms with Crippen molar-refractivity contribution in [2.45, 2.75) is 19.4 Å². The van der Waals surface area contributed by atoms with Crippen LogP contribution >= 0.6 is 34.2 Å². The molecule has 4 rings (SSSR count). The summed E-state index contributed by atoms with van der Waals surface area (Å²) in [6, 6.07) is 11.4. The van der Waals surface area contributed by atoms with Crippen LogP contribution in [0.4, 0.5) is 0 Å². The molecule has 1 aliphatic rings. The third-order valence-electron chi connectivity index (χ3n) is 4.43. The molecule has 0 bridgehead atoms. The average molecular weight is 481 g/mol. The fourth-order valence-electron chi connectivity index (χ4n) is 3.32. The number of aromatic carboxylic acids is 1. The Morgan fingerprint density at radius 2 is 1.92 bits per heavy atom. The van der Waals surface area contributed by atoms with Crippen molar-refractivity contribution in [3.8, 4) is 28.1 Å². The lowest BCUT2D eigenvalue weighted by Gasteiger charge is -2.34. The molecule has 2 aromatic carbocycles. The summed E-state index contributed by atoms with van der Waals surface area (Å²) in [5.74, 6) is -0.359. The number of carboxylic acids is 1. The van der Waals surface area contributed by atoms with Gasteiger partial charge in [0.2, 0.25) is 0 Å². The van der Waals surface area contributed by atoms with Crippen molar-refractivity contribution in [1.29, 1.82) is 0 Å². The van der Waals surface area contributed by atoms with E-state index in [1.165, 1.54) is 0 Å². The number of halogens is 2. The first-order valence-electron chi connectivity index (χ1n) is 7.89. The van der Waals surface area contributed by atoms with Crippen molar-refractivity contribution in [3.05, 3.63) is 56.2 Å². The van der Waals surface area contributed by atoms with E-state index < -0.39 is 11.6 Å². The Labute approximate surface area is 168 Å². The Balaban J connectivity index is 2.01. The van der Waals surface area contributed by atoms with Gasteiger partial charge in [-0.1, -0.05) is 23.7 Å². The summed E-state index contributed by atoms with van der Waals surface area (Å²) < 4.78 is 7.36. The lowest BCUT2D eigenvalue weighted by Crippen LogP contribution is -2.31. The Kier molecular flexibility index (Phi) is 4.00. The molecule has 132 valence electrons. The van der Waals surface area contributed by atoms with Crippen molar-refractivity contribution in [2.75, 3.05) is 0 Å². The molecule has 0 amide bonds. The topological polar surface area (TPSA) is 75.2 Å². The molecular weight excluding hydrogens is 467 g/mol. The van der Waals surface area contributed by atoms with Gasteiger partial charge in [-0.15, -0.1) is 0 Å². The van der Waals surface area contributed by atoms with E-state index in [2.05, 4.69) is 32.8 Å². The number of fused-ring (bicyclic) bond motifs is 3. The fourth-order valence-corrected chi connectivity index (χ4v) is 4.18. The molecule has 0 saturated carbocycles. The Morgan fingerprint density at radius 1 is 1.23 bits per heavy atom. The molecule has 1 aromatic heterocycles. The molecule has 0 radical (unpaired) electrons. The number of aromatic nitrogens is 2. The lowest BCUT2D eigenvalue weighted by atomic mass is 9.87. The predicted octanol–water partition coefficient (Wildman–Crippen LogP) is 5.33. The quantitative estimate of drug-likeness (QED) is 0.486. The minimum Gasteiger partial charge on any atom is -0.482 e. The van der Waals surface area contributed by atoms with Gasteiger partial charge in [-0.2, -0.15) is 5.10 Å². The van der Waals surface area contributed by atoms with Crippen LogP contribution in [0.15, 0.2) is 36.4 Å². The molecular formula is C19H14ClIN2O3. The highest BCUT2D eigenvalue weighted by molar-refractivity contribution is 14.1. The van der Waals surface area contributed by atoms with Gasteiger partial charge in [-0.3, -0.25) is 5.10 Å². The molecule has 26 heavy (non-hydrogen) atoms. The number of ether oxygens (including phenoxy) is 1. The third-order valence-corrected chi connectivity index (χ3v) is 5.59. The van der Waals surface area contributed by atoms with Gasteiger partial charge in [0, 0.05) is 19.7 Å². The molecule has 0 atom stereocenters. The second-order valence-electron chi connectivity index (χ2n) is 6.55. The van der Waals surface area contributed by atoms with Gasteiger partial charge in [0.1, 0.15) is 17.0 Å². The zero-order chi connectivity index (χ0) is 18.6. The van der Waals surface area contributed by atoms with Crippen LogP contribution in [0.1, 0.15) is 29.9 Å². The summed E-state index contributed by atoms with van der Waals surface area (Å²) in [7, 11) is 0. The summed E-state index contributed by atoms with van der Waals surface area (Å²) in [4.78, 5) is 11.6. The first-order valence-corrected chi connectivity index (χ1v) is 9.35. The molecule has 5 nitrogen and oxygen atoms in total. The SMILES string of the molecule is CC1(C)Oc2c(ccc(I)c2-c2ccc(Cl)cc2)-c2n[nH]c(C(=O)O)c21. The number of H-pyrrole nitrogens is 1. The number of hydrogen-bond donors (Lipinski definition) is 2. The van der Waals surface area contributed by atoms with Crippen LogP contribution in [0.2, 0.25) is 5.02 Å². The molecule has 2 heterocycles. The number of carboxylic acid groups (broad SMARTS) is 1. The monoisotopic (exact) mass is 480 g/mol. The molecule has 0 spiro atoms. The van der Waals surface area contributed by atoms with E-state index in [0.717, 1.165) is 20.3 Å². The molecule has 0 aliphatic carbocycles. The van der Waals surface area contributed by atoms with Gasteiger partial charge in [-0.25, -0.2) is 4.79 Å². The molecule has 3 aromatic rings. The summed E-state index contributed by atoms with van der Waals surface area (Å²) in [6.45, 7) is 3.70. The molecule has 0 saturated heterocycles. The first-order chi connectivity index (χ1) is 12.3. The molecule has 2 N–H and O–H groups in total. The lowest BCUT2D eigenvalue weighted by molar-refractivity contribution is 0.0665. The summed E-state index contributed by atoms with van der Waals surface area (Å²) in [6.07, 6.45) is 0. The van der Waals surface area contributed by atoms with Crippen LogP contribution in [-0.4, -0.2) is 21.3 Å². The number of benzene rings is 2. The number of rotatable bonds is 2. The summed E-state index contributed by atoms with van der Waals surface area (Å²) >= 11 is 8.29. The number of nitrogens with zero attached hydrogens (tertiary/aromatic N) is 1. The third kappa shape index (κ3) is 2.59. The van der Waals surface area contributed by atoms with Crippen molar-refractivity contribution in [2.24, 2.45) is 0 Å². The van der Waals surface area contributed by atoms with E-state index in [4.69, 9.17) is 16.3 Å². The Hall–Kier alpha value is -2.06. The summed E-state index contributed by atoms with van der Waals surface area (Å²) in [5.41, 5.74) is 3.08. The minimum absolute atomic E-state index is 0.0576. The van der Waals surface area contributed by atoms with Crippen molar-refractivity contribution < 1.29 is 14.6 Å². The second kappa shape index (κ2) is 5.99. The van der Waals surface area contributed by atoms with Crippen LogP contribution < -0.4 is 4.74 Å². The summed E-state index contributed by atoms with van der Waals surface area (Å²) in [5, 5.41) is 17.1. The highest BCUT2D eigenvalue weighted by Crippen LogP contribution is 2.50. The van der Waals surface area contributed by atoms with E-state index in [0.29, 0.717) is 22.0 Å². The normalized spacial score (nSPS) is 14.3. The zero-order valence-electron chi connectivity index (χ0n) is 13.9. The predicted molar refractivity (Wildman–Crippen MR) is 108 cm³/mol. The van der Waals surface area contributed by atoms with Gasteiger partial charge >= 0.3 is 5.97 Å². The van der Waals surface area contributed by atoms with E-state index in [1.54, 1.807) is 0 Å². The molecule has 1 aliphatic heterocycles.